The summed E-state index contributed by atoms with van der Waals surface area (Å²) < 4.78 is 7.38. The van der Waals surface area contributed by atoms with E-state index >= 15 is 0 Å². The number of methoxy groups -OCH3 is 1. The third-order valence-electron chi connectivity index (χ3n) is 4.50. The maximum Gasteiger partial charge on any atom is 0.227 e. The molecule has 0 aliphatic carbocycles. The molecule has 2 heterocycles. The Morgan fingerprint density at radius 1 is 1.46 bits per heavy atom. The number of hydrogen-bond donors (Lipinski definition) is 1. The molecule has 0 radical (unpaired) electrons. The number of piperazine rings is 1. The maximum absolute atomic E-state index is 13.0. The van der Waals surface area contributed by atoms with Crippen molar-refractivity contribution in [3.8, 4) is 5.75 Å². The van der Waals surface area contributed by atoms with E-state index in [9.17, 15) is 4.79 Å². The number of hydrogen-bond acceptors (Lipinski definition) is 4. The second-order valence-electron chi connectivity index (χ2n) is 6.20. The average molecular weight is 328 g/mol. The number of imidazole rings is 1. The fourth-order valence-corrected chi connectivity index (χ4v) is 3.24. The van der Waals surface area contributed by atoms with Crippen molar-refractivity contribution in [3.05, 3.63) is 47.5 Å². The van der Waals surface area contributed by atoms with Crippen LogP contribution in [0.5, 0.6) is 5.75 Å². The third kappa shape index (κ3) is 3.28. The van der Waals surface area contributed by atoms with Gasteiger partial charge in [0.15, 0.2) is 0 Å². The van der Waals surface area contributed by atoms with Crippen LogP contribution in [0.4, 0.5) is 0 Å². The Hall–Kier alpha value is -2.34. The molecule has 1 amide bonds. The molecule has 128 valence electrons. The highest BCUT2D eigenvalue weighted by molar-refractivity contribution is 5.80. The molecule has 0 bridgehead atoms. The zero-order valence-corrected chi connectivity index (χ0v) is 14.5. The van der Waals surface area contributed by atoms with E-state index < -0.39 is 0 Å². The number of nitrogens with zero attached hydrogens (tertiary/aromatic N) is 3. The number of benzene rings is 1. The van der Waals surface area contributed by atoms with E-state index in [-0.39, 0.29) is 11.9 Å². The summed E-state index contributed by atoms with van der Waals surface area (Å²) >= 11 is 0. The maximum atomic E-state index is 13.0. The van der Waals surface area contributed by atoms with Gasteiger partial charge in [-0.05, 0) is 13.0 Å². The number of aryl methyl sites for hydroxylation is 2. The fraction of sp³-hybridized carbons (Fsp3) is 0.444. The van der Waals surface area contributed by atoms with Crippen LogP contribution in [-0.2, 0) is 18.3 Å². The van der Waals surface area contributed by atoms with Gasteiger partial charge in [-0.25, -0.2) is 4.98 Å². The van der Waals surface area contributed by atoms with Crippen LogP contribution in [0.1, 0.15) is 23.0 Å². The normalized spacial score (nSPS) is 17.8. The second kappa shape index (κ2) is 7.05. The van der Waals surface area contributed by atoms with Crippen LogP contribution in [0, 0.1) is 6.92 Å². The van der Waals surface area contributed by atoms with E-state index in [1.165, 1.54) is 0 Å². The summed E-state index contributed by atoms with van der Waals surface area (Å²) in [4.78, 5) is 19.3. The predicted octanol–water partition coefficient (Wildman–Crippen LogP) is 1.45. The summed E-state index contributed by atoms with van der Waals surface area (Å²) in [6.07, 6.45) is 4.03. The number of aromatic nitrogens is 2. The van der Waals surface area contributed by atoms with Crippen LogP contribution >= 0.6 is 0 Å². The Labute approximate surface area is 142 Å². The Kier molecular flexibility index (Phi) is 4.85. The van der Waals surface area contributed by atoms with Gasteiger partial charge < -0.3 is 19.5 Å². The van der Waals surface area contributed by atoms with E-state index in [1.54, 1.807) is 13.3 Å². The molecule has 1 N–H and O–H groups in total. The van der Waals surface area contributed by atoms with Gasteiger partial charge in [0, 0.05) is 44.6 Å². The number of ether oxygens (including phenoxy) is 1. The summed E-state index contributed by atoms with van der Waals surface area (Å²) in [5, 5.41) is 3.36. The zero-order chi connectivity index (χ0) is 17.1. The highest BCUT2D eigenvalue weighted by Gasteiger charge is 2.30. The molecule has 1 aromatic heterocycles. The van der Waals surface area contributed by atoms with Gasteiger partial charge in [0.1, 0.15) is 17.6 Å². The van der Waals surface area contributed by atoms with Crippen LogP contribution in [0.2, 0.25) is 0 Å². The van der Waals surface area contributed by atoms with Gasteiger partial charge in [-0.1, -0.05) is 17.7 Å². The largest absolute Gasteiger partial charge is 0.496 e. The van der Waals surface area contributed by atoms with Crippen molar-refractivity contribution in [1.82, 2.24) is 19.8 Å². The molecule has 1 unspecified atom stereocenters. The van der Waals surface area contributed by atoms with Crippen LogP contribution < -0.4 is 10.1 Å². The van der Waals surface area contributed by atoms with E-state index in [0.717, 1.165) is 35.8 Å². The Bertz CT molecular complexity index is 726. The van der Waals surface area contributed by atoms with Crippen molar-refractivity contribution in [2.24, 2.45) is 7.05 Å². The lowest BCUT2D eigenvalue weighted by Gasteiger charge is -2.36. The van der Waals surface area contributed by atoms with Crippen molar-refractivity contribution < 1.29 is 9.53 Å². The lowest BCUT2D eigenvalue weighted by atomic mass is 10.0. The highest BCUT2D eigenvalue weighted by Crippen LogP contribution is 2.25. The van der Waals surface area contributed by atoms with Crippen LogP contribution in [0.25, 0.3) is 0 Å². The molecule has 0 saturated carbocycles. The molecule has 2 aromatic rings. The van der Waals surface area contributed by atoms with Gasteiger partial charge in [0.2, 0.25) is 5.91 Å². The van der Waals surface area contributed by atoms with Crippen molar-refractivity contribution in [3.63, 3.8) is 0 Å². The standard InChI is InChI=1S/C18H24N4O2/c1-13-4-5-16(24-3)14(10-13)11-17(23)22-9-6-19-12-15(22)18-20-7-8-21(18)2/h4-5,7-8,10,15,19H,6,9,11-12H2,1-3H3. The summed E-state index contributed by atoms with van der Waals surface area (Å²) in [6, 6.07) is 5.90. The molecule has 6 heteroatoms. The molecule has 1 aromatic carbocycles. The van der Waals surface area contributed by atoms with Crippen LogP contribution in [0.3, 0.4) is 0 Å². The molecule has 1 fully saturated rings. The van der Waals surface area contributed by atoms with E-state index in [4.69, 9.17) is 4.74 Å². The molecule has 0 spiro atoms. The topological polar surface area (TPSA) is 59.4 Å². The van der Waals surface area contributed by atoms with E-state index in [1.807, 2.05) is 47.8 Å². The minimum Gasteiger partial charge on any atom is -0.496 e. The quantitative estimate of drug-likeness (QED) is 0.923. The Balaban J connectivity index is 1.82. The van der Waals surface area contributed by atoms with E-state index in [0.29, 0.717) is 13.0 Å². The number of carbonyl (C=O) groups is 1. The smallest absolute Gasteiger partial charge is 0.227 e. The Morgan fingerprint density at radius 3 is 3.00 bits per heavy atom. The first-order chi connectivity index (χ1) is 11.6. The number of carbonyl (C=O) groups excluding carboxylic acids is 1. The van der Waals surface area contributed by atoms with Crippen LogP contribution in [-0.4, -0.2) is 47.1 Å². The zero-order valence-electron chi connectivity index (χ0n) is 14.5. The lowest BCUT2D eigenvalue weighted by molar-refractivity contribution is -0.134. The summed E-state index contributed by atoms with van der Waals surface area (Å²) in [5.41, 5.74) is 2.05. The van der Waals surface area contributed by atoms with Gasteiger partial charge in [-0.15, -0.1) is 0 Å². The van der Waals surface area contributed by atoms with E-state index in [2.05, 4.69) is 10.3 Å². The van der Waals surface area contributed by atoms with Crippen molar-refractivity contribution in [1.29, 1.82) is 0 Å². The number of nitrogens with one attached hydrogen (secondary N) is 1. The lowest BCUT2D eigenvalue weighted by Crippen LogP contribution is -2.49. The minimum absolute atomic E-state index is 0.0398. The molecule has 1 aliphatic rings. The molecule has 24 heavy (non-hydrogen) atoms. The molecule has 3 rings (SSSR count). The fourth-order valence-electron chi connectivity index (χ4n) is 3.24. The van der Waals surface area contributed by atoms with Gasteiger partial charge in [0.05, 0.1) is 13.5 Å². The minimum atomic E-state index is -0.0398. The molecular weight excluding hydrogens is 304 g/mol. The number of amides is 1. The first-order valence-corrected chi connectivity index (χ1v) is 8.21. The predicted molar refractivity (Wildman–Crippen MR) is 92.0 cm³/mol. The first kappa shape index (κ1) is 16.5. The van der Waals surface area contributed by atoms with Gasteiger partial charge in [-0.3, -0.25) is 4.79 Å². The monoisotopic (exact) mass is 328 g/mol. The van der Waals surface area contributed by atoms with Gasteiger partial charge >= 0.3 is 0 Å². The Morgan fingerprint density at radius 2 is 2.29 bits per heavy atom. The molecule has 1 atom stereocenters. The highest BCUT2D eigenvalue weighted by atomic mass is 16.5. The third-order valence-corrected chi connectivity index (χ3v) is 4.50. The summed E-state index contributed by atoms with van der Waals surface area (Å²) in [5.74, 6) is 1.78. The molecular formula is C18H24N4O2. The van der Waals surface area contributed by atoms with Crippen molar-refractivity contribution in [2.75, 3.05) is 26.7 Å². The van der Waals surface area contributed by atoms with Crippen molar-refractivity contribution in [2.45, 2.75) is 19.4 Å². The van der Waals surface area contributed by atoms with Crippen LogP contribution in [0.15, 0.2) is 30.6 Å². The van der Waals surface area contributed by atoms with Crippen molar-refractivity contribution >= 4 is 5.91 Å². The molecule has 6 nitrogen and oxygen atoms in total. The SMILES string of the molecule is COc1ccc(C)cc1CC(=O)N1CCNCC1c1nccn1C. The first-order valence-electron chi connectivity index (χ1n) is 8.21. The second-order valence-corrected chi connectivity index (χ2v) is 6.20. The summed E-state index contributed by atoms with van der Waals surface area (Å²) in [6.45, 7) is 4.23. The summed E-state index contributed by atoms with van der Waals surface area (Å²) in [7, 11) is 3.60. The molecule has 1 aliphatic heterocycles. The average Bonchev–Trinajstić information content (AvgIpc) is 3.01. The molecule has 1 saturated heterocycles. The van der Waals surface area contributed by atoms with Gasteiger partial charge in [-0.2, -0.15) is 0 Å². The number of rotatable bonds is 4. The van der Waals surface area contributed by atoms with Gasteiger partial charge in [0.25, 0.3) is 0 Å².